The van der Waals surface area contributed by atoms with E-state index in [2.05, 4.69) is 47.7 Å². The Morgan fingerprint density at radius 3 is 2.82 bits per heavy atom. The van der Waals surface area contributed by atoms with E-state index >= 15 is 0 Å². The zero-order valence-electron chi connectivity index (χ0n) is 10.4. The van der Waals surface area contributed by atoms with Crippen LogP contribution in [0.4, 0.5) is 0 Å². The smallest absolute Gasteiger partial charge is 0.191 e. The van der Waals surface area contributed by atoms with Crippen LogP contribution in [0.15, 0.2) is 23.2 Å². The molecule has 0 amide bonds. The Kier molecular flexibility index (Phi) is 5.74. The third-order valence-electron chi connectivity index (χ3n) is 2.84. The number of nitrogens with one attached hydrogen (secondary N) is 2. The van der Waals surface area contributed by atoms with E-state index in [0.717, 1.165) is 32.0 Å². The van der Waals surface area contributed by atoms with Crippen LogP contribution in [0.2, 0.25) is 0 Å². The SMILES string of the molecule is Cc1ccc(CNC2=NCCCN2)c(C)c1.I. The average molecular weight is 345 g/mol. The van der Waals surface area contributed by atoms with Crippen LogP contribution in [0, 0.1) is 13.8 Å². The molecule has 0 aromatic heterocycles. The van der Waals surface area contributed by atoms with E-state index in [1.54, 1.807) is 0 Å². The topological polar surface area (TPSA) is 36.4 Å². The normalized spacial score (nSPS) is 14.4. The fourth-order valence-corrected chi connectivity index (χ4v) is 1.87. The average Bonchev–Trinajstić information content (AvgIpc) is 2.29. The lowest BCUT2D eigenvalue weighted by Crippen LogP contribution is -2.40. The third kappa shape index (κ3) is 4.18. The largest absolute Gasteiger partial charge is 0.356 e. The maximum absolute atomic E-state index is 4.39. The molecule has 0 unspecified atom stereocenters. The van der Waals surface area contributed by atoms with Gasteiger partial charge in [0.2, 0.25) is 0 Å². The van der Waals surface area contributed by atoms with Crippen molar-refractivity contribution in [2.24, 2.45) is 4.99 Å². The lowest BCUT2D eigenvalue weighted by Gasteiger charge is -2.16. The molecule has 4 heteroatoms. The second-order valence-corrected chi connectivity index (χ2v) is 4.29. The van der Waals surface area contributed by atoms with E-state index in [1.807, 2.05) is 0 Å². The van der Waals surface area contributed by atoms with Crippen molar-refractivity contribution in [2.45, 2.75) is 26.8 Å². The number of hydrogen-bond donors (Lipinski definition) is 2. The number of guanidine groups is 1. The summed E-state index contributed by atoms with van der Waals surface area (Å²) < 4.78 is 0. The number of benzene rings is 1. The van der Waals surface area contributed by atoms with Gasteiger partial charge in [0.1, 0.15) is 0 Å². The molecule has 0 radical (unpaired) electrons. The van der Waals surface area contributed by atoms with Crippen molar-refractivity contribution in [3.63, 3.8) is 0 Å². The standard InChI is InChI=1S/C13H19N3.HI/c1-10-4-5-12(11(2)8-10)9-16-13-14-6-3-7-15-13;/h4-5,8H,3,6-7,9H2,1-2H3,(H2,14,15,16);1H. The molecule has 2 rings (SSSR count). The summed E-state index contributed by atoms with van der Waals surface area (Å²) in [6.45, 7) is 7.08. The minimum atomic E-state index is 0. The zero-order valence-corrected chi connectivity index (χ0v) is 12.7. The predicted molar refractivity (Wildman–Crippen MR) is 83.1 cm³/mol. The van der Waals surface area contributed by atoms with Crippen LogP contribution in [0.1, 0.15) is 23.1 Å². The number of halogens is 1. The molecular formula is C13H20IN3. The Labute approximate surface area is 120 Å². The molecule has 0 saturated carbocycles. The molecule has 0 bridgehead atoms. The molecule has 94 valence electrons. The van der Waals surface area contributed by atoms with Crippen molar-refractivity contribution < 1.29 is 0 Å². The maximum Gasteiger partial charge on any atom is 0.191 e. The van der Waals surface area contributed by atoms with Gasteiger partial charge in [0, 0.05) is 19.6 Å². The Morgan fingerprint density at radius 1 is 1.35 bits per heavy atom. The number of nitrogens with zero attached hydrogens (tertiary/aromatic N) is 1. The number of rotatable bonds is 2. The highest BCUT2D eigenvalue weighted by molar-refractivity contribution is 14.0. The Morgan fingerprint density at radius 2 is 2.18 bits per heavy atom. The van der Waals surface area contributed by atoms with Gasteiger partial charge in [-0.05, 0) is 31.4 Å². The molecule has 1 aliphatic heterocycles. The van der Waals surface area contributed by atoms with Crippen molar-refractivity contribution in [2.75, 3.05) is 13.1 Å². The molecule has 1 aromatic rings. The third-order valence-corrected chi connectivity index (χ3v) is 2.84. The van der Waals surface area contributed by atoms with Crippen molar-refractivity contribution in [1.82, 2.24) is 10.6 Å². The highest BCUT2D eigenvalue weighted by atomic mass is 127. The zero-order chi connectivity index (χ0) is 11.4. The summed E-state index contributed by atoms with van der Waals surface area (Å²) in [7, 11) is 0. The summed E-state index contributed by atoms with van der Waals surface area (Å²) in [6.07, 6.45) is 1.13. The van der Waals surface area contributed by atoms with Gasteiger partial charge in [0.15, 0.2) is 5.96 Å². The molecule has 3 nitrogen and oxygen atoms in total. The van der Waals surface area contributed by atoms with Gasteiger partial charge < -0.3 is 10.6 Å². The van der Waals surface area contributed by atoms with Crippen molar-refractivity contribution >= 4 is 29.9 Å². The minimum Gasteiger partial charge on any atom is -0.356 e. The minimum absolute atomic E-state index is 0. The van der Waals surface area contributed by atoms with Gasteiger partial charge in [-0.25, -0.2) is 0 Å². The lowest BCUT2D eigenvalue weighted by molar-refractivity contribution is 0.701. The molecule has 2 N–H and O–H groups in total. The van der Waals surface area contributed by atoms with Crippen LogP contribution in [0.3, 0.4) is 0 Å². The lowest BCUT2D eigenvalue weighted by atomic mass is 10.1. The summed E-state index contributed by atoms with van der Waals surface area (Å²) in [5, 5.41) is 6.60. The molecule has 0 saturated heterocycles. The summed E-state index contributed by atoms with van der Waals surface area (Å²) in [6, 6.07) is 6.55. The monoisotopic (exact) mass is 345 g/mol. The van der Waals surface area contributed by atoms with E-state index in [4.69, 9.17) is 0 Å². The first-order valence-corrected chi connectivity index (χ1v) is 5.84. The van der Waals surface area contributed by atoms with Crippen molar-refractivity contribution in [3.05, 3.63) is 34.9 Å². The fraction of sp³-hybridized carbons (Fsp3) is 0.462. The first kappa shape index (κ1) is 14.3. The maximum atomic E-state index is 4.39. The van der Waals surface area contributed by atoms with Crippen LogP contribution in [-0.4, -0.2) is 19.0 Å². The molecule has 0 atom stereocenters. The van der Waals surface area contributed by atoms with E-state index < -0.39 is 0 Å². The summed E-state index contributed by atoms with van der Waals surface area (Å²) in [5.74, 6) is 0.936. The number of aliphatic imine (C=N–C) groups is 1. The molecule has 17 heavy (non-hydrogen) atoms. The van der Waals surface area contributed by atoms with E-state index in [0.29, 0.717) is 0 Å². The van der Waals surface area contributed by atoms with Gasteiger partial charge in [-0.15, -0.1) is 24.0 Å². The van der Waals surface area contributed by atoms with Crippen LogP contribution in [0.25, 0.3) is 0 Å². The number of aryl methyl sites for hydroxylation is 2. The van der Waals surface area contributed by atoms with Crippen LogP contribution in [-0.2, 0) is 6.54 Å². The first-order valence-electron chi connectivity index (χ1n) is 5.84. The van der Waals surface area contributed by atoms with Gasteiger partial charge in [-0.3, -0.25) is 4.99 Å². The van der Waals surface area contributed by atoms with Gasteiger partial charge in [-0.2, -0.15) is 0 Å². The van der Waals surface area contributed by atoms with Crippen LogP contribution >= 0.6 is 24.0 Å². The highest BCUT2D eigenvalue weighted by Crippen LogP contribution is 2.09. The summed E-state index contributed by atoms with van der Waals surface area (Å²) in [4.78, 5) is 4.39. The van der Waals surface area contributed by atoms with Crippen LogP contribution < -0.4 is 10.6 Å². The Hall–Kier alpha value is -0.780. The molecule has 1 aliphatic rings. The van der Waals surface area contributed by atoms with E-state index in [1.165, 1.54) is 16.7 Å². The van der Waals surface area contributed by atoms with Gasteiger partial charge in [0.05, 0.1) is 0 Å². The van der Waals surface area contributed by atoms with Crippen LogP contribution in [0.5, 0.6) is 0 Å². The number of hydrogen-bond acceptors (Lipinski definition) is 3. The van der Waals surface area contributed by atoms with Gasteiger partial charge in [-0.1, -0.05) is 23.8 Å². The van der Waals surface area contributed by atoms with Gasteiger partial charge >= 0.3 is 0 Å². The molecular weight excluding hydrogens is 325 g/mol. The highest BCUT2D eigenvalue weighted by Gasteiger charge is 2.04. The second kappa shape index (κ2) is 6.83. The molecule has 1 heterocycles. The van der Waals surface area contributed by atoms with Crippen molar-refractivity contribution in [1.29, 1.82) is 0 Å². The summed E-state index contributed by atoms with van der Waals surface area (Å²) >= 11 is 0. The Bertz CT molecular complexity index is 402. The second-order valence-electron chi connectivity index (χ2n) is 4.29. The predicted octanol–water partition coefficient (Wildman–Crippen LogP) is 2.36. The molecule has 0 aliphatic carbocycles. The quantitative estimate of drug-likeness (QED) is 0.808. The Balaban J connectivity index is 0.00000144. The molecule has 0 spiro atoms. The van der Waals surface area contributed by atoms with E-state index in [9.17, 15) is 0 Å². The molecule has 0 fully saturated rings. The van der Waals surface area contributed by atoms with E-state index in [-0.39, 0.29) is 24.0 Å². The fourth-order valence-electron chi connectivity index (χ4n) is 1.87. The van der Waals surface area contributed by atoms with Gasteiger partial charge in [0.25, 0.3) is 0 Å². The first-order chi connectivity index (χ1) is 7.75. The molecule has 1 aromatic carbocycles. The summed E-state index contributed by atoms with van der Waals surface area (Å²) in [5.41, 5.74) is 3.99. The van der Waals surface area contributed by atoms with Crippen molar-refractivity contribution in [3.8, 4) is 0 Å².